The highest BCUT2D eigenvalue weighted by Crippen LogP contribution is 1.97. The van der Waals surface area contributed by atoms with Crippen molar-refractivity contribution < 1.29 is 9.90 Å². The van der Waals surface area contributed by atoms with Gasteiger partial charge in [-0.15, -0.1) is 0 Å². The summed E-state index contributed by atoms with van der Waals surface area (Å²) in [7, 11) is 0. The molecule has 0 aromatic rings. The van der Waals surface area contributed by atoms with Gasteiger partial charge in [-0.05, 0) is 13.8 Å². The number of carbonyl (C=O) groups is 1. The van der Waals surface area contributed by atoms with E-state index < -0.39 is 5.60 Å². The fourth-order valence-electron chi connectivity index (χ4n) is 0.489. The van der Waals surface area contributed by atoms with Crippen LogP contribution in [-0.2, 0) is 4.79 Å². The van der Waals surface area contributed by atoms with Crippen LogP contribution in [0.1, 0.15) is 20.3 Å². The van der Waals surface area contributed by atoms with Crippen molar-refractivity contribution in [3.8, 4) is 0 Å². The Labute approximate surface area is 75.3 Å². The lowest BCUT2D eigenvalue weighted by Crippen LogP contribution is -2.38. The molecule has 2 N–H and O–H groups in total. The molecule has 0 bridgehead atoms. The number of alkyl halides is 1. The van der Waals surface area contributed by atoms with E-state index in [-0.39, 0.29) is 5.91 Å². The van der Waals surface area contributed by atoms with Crippen LogP contribution in [0.2, 0.25) is 0 Å². The van der Waals surface area contributed by atoms with Crippen LogP contribution in [0, 0.1) is 0 Å². The zero-order chi connectivity index (χ0) is 8.91. The van der Waals surface area contributed by atoms with Crippen LogP contribution in [0.25, 0.3) is 0 Å². The Kier molecular flexibility index (Phi) is 4.68. The smallest absolute Gasteiger partial charge is 0.220 e. The highest BCUT2D eigenvalue weighted by Gasteiger charge is 2.12. The van der Waals surface area contributed by atoms with E-state index >= 15 is 0 Å². The standard InChI is InChI=1S/C7H14BrNO2/c1-7(2,11)5-9-6(10)3-4-8/h11H,3-5H2,1-2H3,(H,9,10). The molecular formula is C7H14BrNO2. The highest BCUT2D eigenvalue weighted by molar-refractivity contribution is 9.09. The second-order valence-electron chi connectivity index (χ2n) is 3.03. The molecule has 0 unspecified atom stereocenters. The molecule has 0 aliphatic heterocycles. The largest absolute Gasteiger partial charge is 0.389 e. The zero-order valence-corrected chi connectivity index (χ0v) is 8.44. The third kappa shape index (κ3) is 7.81. The first-order chi connectivity index (χ1) is 4.95. The average Bonchev–Trinajstić information content (AvgIpc) is 1.83. The minimum absolute atomic E-state index is 0.0380. The summed E-state index contributed by atoms with van der Waals surface area (Å²) in [6.07, 6.45) is 0.454. The predicted molar refractivity (Wildman–Crippen MR) is 47.7 cm³/mol. The van der Waals surface area contributed by atoms with Gasteiger partial charge in [-0.25, -0.2) is 0 Å². The molecule has 0 radical (unpaired) electrons. The van der Waals surface area contributed by atoms with Gasteiger partial charge in [0.15, 0.2) is 0 Å². The van der Waals surface area contributed by atoms with Crippen molar-refractivity contribution in [2.45, 2.75) is 25.9 Å². The summed E-state index contributed by atoms with van der Waals surface area (Å²) in [5.41, 5.74) is -0.817. The van der Waals surface area contributed by atoms with Gasteiger partial charge < -0.3 is 10.4 Å². The Morgan fingerprint density at radius 2 is 2.18 bits per heavy atom. The van der Waals surface area contributed by atoms with Gasteiger partial charge in [0.25, 0.3) is 0 Å². The summed E-state index contributed by atoms with van der Waals surface area (Å²) in [4.78, 5) is 10.8. The number of amides is 1. The van der Waals surface area contributed by atoms with Gasteiger partial charge in [0.05, 0.1) is 5.60 Å². The van der Waals surface area contributed by atoms with Gasteiger partial charge in [0.2, 0.25) is 5.91 Å². The van der Waals surface area contributed by atoms with Crippen molar-refractivity contribution in [3.05, 3.63) is 0 Å². The summed E-state index contributed by atoms with van der Waals surface area (Å²) in [5, 5.41) is 12.5. The molecule has 0 rings (SSSR count). The predicted octanol–water partition coefficient (Wildman–Crippen LogP) is 0.659. The van der Waals surface area contributed by atoms with E-state index in [1.54, 1.807) is 13.8 Å². The van der Waals surface area contributed by atoms with Gasteiger partial charge in [0.1, 0.15) is 0 Å². The molecule has 0 saturated carbocycles. The number of halogens is 1. The average molecular weight is 224 g/mol. The van der Waals surface area contributed by atoms with Crippen molar-refractivity contribution in [1.82, 2.24) is 5.32 Å². The minimum atomic E-state index is -0.817. The number of carbonyl (C=O) groups excluding carboxylic acids is 1. The molecule has 0 fully saturated rings. The van der Waals surface area contributed by atoms with Gasteiger partial charge in [0, 0.05) is 18.3 Å². The molecule has 1 amide bonds. The third-order valence-electron chi connectivity index (χ3n) is 1.04. The number of hydrogen-bond acceptors (Lipinski definition) is 2. The molecule has 4 heteroatoms. The Hall–Kier alpha value is -0.0900. The molecule has 11 heavy (non-hydrogen) atoms. The monoisotopic (exact) mass is 223 g/mol. The molecule has 0 aromatic heterocycles. The second-order valence-corrected chi connectivity index (χ2v) is 3.82. The van der Waals surface area contributed by atoms with Gasteiger partial charge >= 0.3 is 0 Å². The topological polar surface area (TPSA) is 49.3 Å². The van der Waals surface area contributed by atoms with Crippen molar-refractivity contribution in [3.63, 3.8) is 0 Å². The van der Waals surface area contributed by atoms with Crippen LogP contribution in [0.5, 0.6) is 0 Å². The summed E-state index contributed by atoms with van der Waals surface area (Å²) >= 11 is 3.15. The molecule has 0 aliphatic carbocycles. The Morgan fingerprint density at radius 1 is 1.64 bits per heavy atom. The SMILES string of the molecule is CC(C)(O)CNC(=O)CCBr. The van der Waals surface area contributed by atoms with Crippen molar-refractivity contribution in [2.75, 3.05) is 11.9 Å². The lowest BCUT2D eigenvalue weighted by Gasteiger charge is -2.17. The van der Waals surface area contributed by atoms with E-state index in [1.807, 2.05) is 0 Å². The Morgan fingerprint density at radius 3 is 2.55 bits per heavy atom. The number of aliphatic hydroxyl groups is 1. The fourth-order valence-corrected chi connectivity index (χ4v) is 0.849. The van der Waals surface area contributed by atoms with Crippen LogP contribution in [0.15, 0.2) is 0 Å². The quantitative estimate of drug-likeness (QED) is 0.689. The van der Waals surface area contributed by atoms with Gasteiger partial charge in [-0.3, -0.25) is 4.79 Å². The molecule has 66 valence electrons. The van der Waals surface area contributed by atoms with E-state index in [1.165, 1.54) is 0 Å². The van der Waals surface area contributed by atoms with Crippen molar-refractivity contribution in [2.24, 2.45) is 0 Å². The number of nitrogens with one attached hydrogen (secondary N) is 1. The first-order valence-corrected chi connectivity index (χ1v) is 4.63. The van der Waals surface area contributed by atoms with E-state index in [0.717, 1.165) is 0 Å². The highest BCUT2D eigenvalue weighted by atomic mass is 79.9. The lowest BCUT2D eigenvalue weighted by molar-refractivity contribution is -0.121. The first-order valence-electron chi connectivity index (χ1n) is 3.51. The Balaban J connectivity index is 3.46. The number of rotatable bonds is 4. The van der Waals surface area contributed by atoms with Crippen LogP contribution in [-0.4, -0.2) is 28.5 Å². The van der Waals surface area contributed by atoms with Crippen LogP contribution in [0.4, 0.5) is 0 Å². The summed E-state index contributed by atoms with van der Waals surface area (Å²) in [6, 6.07) is 0. The summed E-state index contributed by atoms with van der Waals surface area (Å²) in [6.45, 7) is 3.61. The minimum Gasteiger partial charge on any atom is -0.389 e. The fraction of sp³-hybridized carbons (Fsp3) is 0.857. The molecule has 0 spiro atoms. The Bertz CT molecular complexity index is 131. The van der Waals surface area contributed by atoms with Gasteiger partial charge in [-0.1, -0.05) is 15.9 Å². The van der Waals surface area contributed by atoms with Crippen LogP contribution in [0.3, 0.4) is 0 Å². The molecule has 0 aliphatic rings. The number of hydrogen-bond donors (Lipinski definition) is 2. The van der Waals surface area contributed by atoms with Crippen LogP contribution >= 0.6 is 15.9 Å². The van der Waals surface area contributed by atoms with Gasteiger partial charge in [-0.2, -0.15) is 0 Å². The molecule has 0 atom stereocenters. The third-order valence-corrected chi connectivity index (χ3v) is 1.44. The summed E-state index contributed by atoms with van der Waals surface area (Å²) in [5.74, 6) is -0.0380. The maximum atomic E-state index is 10.8. The second kappa shape index (κ2) is 4.72. The normalized spacial score (nSPS) is 11.3. The summed E-state index contributed by atoms with van der Waals surface area (Å²) < 4.78 is 0. The molecule has 0 aromatic carbocycles. The van der Waals surface area contributed by atoms with E-state index in [9.17, 15) is 9.90 Å². The van der Waals surface area contributed by atoms with Crippen LogP contribution < -0.4 is 5.32 Å². The molecule has 0 saturated heterocycles. The molecule has 3 nitrogen and oxygen atoms in total. The first kappa shape index (κ1) is 10.9. The van der Waals surface area contributed by atoms with E-state index in [0.29, 0.717) is 18.3 Å². The van der Waals surface area contributed by atoms with E-state index in [2.05, 4.69) is 21.2 Å². The molecular weight excluding hydrogens is 210 g/mol. The van der Waals surface area contributed by atoms with E-state index in [4.69, 9.17) is 0 Å². The zero-order valence-electron chi connectivity index (χ0n) is 6.85. The van der Waals surface area contributed by atoms with Crippen molar-refractivity contribution >= 4 is 21.8 Å². The lowest BCUT2D eigenvalue weighted by atomic mass is 10.1. The van der Waals surface area contributed by atoms with Crippen molar-refractivity contribution in [1.29, 1.82) is 0 Å². The maximum Gasteiger partial charge on any atom is 0.220 e. The molecule has 0 heterocycles. The maximum absolute atomic E-state index is 10.8.